The minimum atomic E-state index is -0.418. The molecule has 1 spiro atoms. The quantitative estimate of drug-likeness (QED) is 0.134. The fourth-order valence-corrected chi connectivity index (χ4v) is 11.0. The highest BCUT2D eigenvalue weighted by Gasteiger charge is 2.67. The van der Waals surface area contributed by atoms with Crippen molar-refractivity contribution in [3.8, 4) is 17.2 Å². The molecule has 7 nitrogen and oxygen atoms in total. The first kappa shape index (κ1) is 33.1. The lowest BCUT2D eigenvalue weighted by Crippen LogP contribution is -2.69. The minimum Gasteiger partial charge on any atom is -0.508 e. The summed E-state index contributed by atoms with van der Waals surface area (Å²) in [5.74, 6) is 3.06. The Bertz CT molecular complexity index is 1520. The number of phenolic OH excluding ortho intramolecular Hbond substituents is 1. The van der Waals surface area contributed by atoms with Gasteiger partial charge in [0.1, 0.15) is 11.9 Å². The number of rotatable bonds is 13. The van der Waals surface area contributed by atoms with Gasteiger partial charge in [-0.25, -0.2) is 0 Å². The van der Waals surface area contributed by atoms with Crippen LogP contribution < -0.4 is 9.47 Å². The summed E-state index contributed by atoms with van der Waals surface area (Å²) in [6.07, 6.45) is 18.7. The van der Waals surface area contributed by atoms with Gasteiger partial charge in [0.15, 0.2) is 11.5 Å². The summed E-state index contributed by atoms with van der Waals surface area (Å²) in [6.45, 7) is 4.27. The van der Waals surface area contributed by atoms with Crippen LogP contribution >= 0.6 is 0 Å². The zero-order valence-electron chi connectivity index (χ0n) is 29.5. The monoisotopic (exact) mass is 668 g/mol. The molecule has 1 amide bonds. The Labute approximate surface area is 292 Å². The van der Waals surface area contributed by atoms with Gasteiger partial charge in [-0.2, -0.15) is 0 Å². The van der Waals surface area contributed by atoms with Gasteiger partial charge in [-0.05, 0) is 87.6 Å². The predicted octanol–water partition coefficient (Wildman–Crippen LogP) is 7.74. The van der Waals surface area contributed by atoms with Crippen LogP contribution in [-0.2, 0) is 27.8 Å². The normalized spacial score (nSPS) is 28.8. The smallest absolute Gasteiger partial charge is 0.308 e. The Hall–Kier alpha value is -3.06. The first-order chi connectivity index (χ1) is 23.9. The van der Waals surface area contributed by atoms with E-state index in [-0.39, 0.29) is 29.2 Å². The van der Waals surface area contributed by atoms with Crippen LogP contribution in [0.4, 0.5) is 0 Å². The summed E-state index contributed by atoms with van der Waals surface area (Å²) in [4.78, 5) is 31.6. The number of carbonyl (C=O) groups excluding carboxylic acids is 2. The molecule has 3 saturated carbocycles. The van der Waals surface area contributed by atoms with Crippen LogP contribution in [-0.4, -0.2) is 64.6 Å². The van der Waals surface area contributed by atoms with Gasteiger partial charge < -0.3 is 19.5 Å². The van der Waals surface area contributed by atoms with E-state index in [0.29, 0.717) is 36.4 Å². The van der Waals surface area contributed by atoms with Crippen molar-refractivity contribution in [1.29, 1.82) is 0 Å². The number of aromatic hydroxyl groups is 1. The van der Waals surface area contributed by atoms with Crippen LogP contribution in [0.3, 0.4) is 0 Å². The maximum atomic E-state index is 14.4. The van der Waals surface area contributed by atoms with Crippen molar-refractivity contribution in [2.24, 2.45) is 17.8 Å². The first-order valence-corrected chi connectivity index (χ1v) is 19.7. The molecule has 4 aliphatic carbocycles. The molecule has 2 heterocycles. The largest absolute Gasteiger partial charge is 0.508 e. The van der Waals surface area contributed by atoms with E-state index in [1.807, 2.05) is 0 Å². The molecule has 7 heteroatoms. The van der Waals surface area contributed by atoms with E-state index < -0.39 is 5.97 Å². The molecule has 1 N–H and O–H groups in total. The number of likely N-dealkylation sites (tertiary alicyclic amines) is 1. The number of carbonyl (C=O) groups is 2. The van der Waals surface area contributed by atoms with E-state index in [4.69, 9.17) is 9.47 Å². The number of amides is 1. The molecule has 2 aromatic carbocycles. The highest BCUT2D eigenvalue weighted by molar-refractivity contribution is 5.77. The maximum Gasteiger partial charge on any atom is 0.308 e. The average molecular weight is 669 g/mol. The Balaban J connectivity index is 1.09. The molecule has 1 saturated heterocycles. The molecule has 264 valence electrons. The number of phenols is 1. The van der Waals surface area contributed by atoms with Crippen molar-refractivity contribution in [1.82, 2.24) is 9.80 Å². The van der Waals surface area contributed by atoms with Crippen LogP contribution in [0.25, 0.3) is 0 Å². The third-order valence-corrected chi connectivity index (χ3v) is 13.3. The fourth-order valence-electron chi connectivity index (χ4n) is 11.0. The maximum absolute atomic E-state index is 14.4. The number of piperidine rings is 1. The lowest BCUT2D eigenvalue weighted by Gasteiger charge is -2.60. The van der Waals surface area contributed by atoms with E-state index in [9.17, 15) is 14.7 Å². The summed E-state index contributed by atoms with van der Waals surface area (Å²) >= 11 is 0. The molecular weight excluding hydrogens is 612 g/mol. The zero-order chi connectivity index (χ0) is 33.5. The molecule has 2 aliphatic heterocycles. The first-order valence-electron chi connectivity index (χ1n) is 19.7. The summed E-state index contributed by atoms with van der Waals surface area (Å²) in [5, 5.41) is 11.5. The van der Waals surface area contributed by atoms with Gasteiger partial charge in [-0.3, -0.25) is 14.5 Å². The van der Waals surface area contributed by atoms with Crippen LogP contribution in [0, 0.1) is 17.8 Å². The molecule has 2 aromatic rings. The minimum absolute atomic E-state index is 0.0563. The van der Waals surface area contributed by atoms with E-state index in [1.54, 1.807) is 6.07 Å². The summed E-state index contributed by atoms with van der Waals surface area (Å²) < 4.78 is 12.8. The zero-order valence-corrected chi connectivity index (χ0v) is 29.5. The van der Waals surface area contributed by atoms with Gasteiger partial charge >= 0.3 is 5.97 Å². The third-order valence-electron chi connectivity index (χ3n) is 13.3. The number of ether oxygens (including phenoxy) is 2. The number of aryl methyl sites for hydroxylation is 1. The number of esters is 1. The lowest BCUT2D eigenvalue weighted by atomic mass is 9.50. The lowest BCUT2D eigenvalue weighted by molar-refractivity contribution is -0.143. The molecule has 0 unspecified atom stereocenters. The van der Waals surface area contributed by atoms with Crippen LogP contribution in [0.15, 0.2) is 36.4 Å². The summed E-state index contributed by atoms with van der Waals surface area (Å²) in [6, 6.07) is 12.5. The summed E-state index contributed by atoms with van der Waals surface area (Å²) in [5.41, 5.74) is 3.05. The number of hydrogen-bond donors (Lipinski definition) is 1. The Kier molecular flexibility index (Phi) is 9.41. The molecule has 6 aliphatic rings. The number of nitrogens with zero attached hydrogens (tertiary/aromatic N) is 2. The Morgan fingerprint density at radius 1 is 1.00 bits per heavy atom. The second-order valence-electron chi connectivity index (χ2n) is 16.4. The van der Waals surface area contributed by atoms with E-state index in [2.05, 4.69) is 40.1 Å². The SMILES string of the molecule is CC(=O)Oc1cc(O)c2c3c1O[C@H]1[C@@H](N(CCCc4ccccc4)C(=O)CCCCC4CCCCC4)CC[C@H]4[C@@H](C2)N(CC2CC2)CC[C@@]341. The highest BCUT2D eigenvalue weighted by Crippen LogP contribution is 2.66. The molecule has 8 rings (SSSR count). The van der Waals surface area contributed by atoms with Gasteiger partial charge in [0.25, 0.3) is 0 Å². The molecule has 4 fully saturated rings. The van der Waals surface area contributed by atoms with E-state index in [1.165, 1.54) is 63.9 Å². The Morgan fingerprint density at radius 2 is 1.82 bits per heavy atom. The standard InChI is InChI=1S/C42H56N2O5/c1-28(45)48-37-26-36(46)32-25-35-33-20-21-34(41-42(33,39(32)40(37)49-41)22-24-43(35)27-31-18-19-31)44(23-10-16-30-13-6-3-7-14-30)38(47)17-9-8-15-29-11-4-2-5-12-29/h3,6-7,13-14,26,29,31,33-35,41,46H,2,4-5,8-12,15-25,27H2,1H3/t33-,34-,35+,41-,42-/m0/s1. The van der Waals surface area contributed by atoms with E-state index >= 15 is 0 Å². The van der Waals surface area contributed by atoms with Crippen LogP contribution in [0.1, 0.15) is 120 Å². The van der Waals surface area contributed by atoms with Crippen molar-refractivity contribution < 1.29 is 24.2 Å². The number of hydrogen-bond acceptors (Lipinski definition) is 6. The second kappa shape index (κ2) is 13.9. The van der Waals surface area contributed by atoms with Gasteiger partial charge in [-0.1, -0.05) is 75.3 Å². The van der Waals surface area contributed by atoms with Crippen molar-refractivity contribution >= 4 is 11.9 Å². The van der Waals surface area contributed by atoms with Crippen LogP contribution in [0.5, 0.6) is 17.2 Å². The molecule has 5 atom stereocenters. The molecule has 2 bridgehead atoms. The average Bonchev–Trinajstić information content (AvgIpc) is 3.86. The van der Waals surface area contributed by atoms with E-state index in [0.717, 1.165) is 87.4 Å². The van der Waals surface area contributed by atoms with Crippen molar-refractivity contribution in [3.05, 3.63) is 53.1 Å². The molecular formula is C42H56N2O5. The molecule has 0 aromatic heterocycles. The Morgan fingerprint density at radius 3 is 2.59 bits per heavy atom. The molecule has 0 radical (unpaired) electrons. The topological polar surface area (TPSA) is 79.3 Å². The van der Waals surface area contributed by atoms with Gasteiger partial charge in [-0.15, -0.1) is 0 Å². The predicted molar refractivity (Wildman–Crippen MR) is 190 cm³/mol. The highest BCUT2D eigenvalue weighted by atomic mass is 16.6. The number of benzene rings is 2. The van der Waals surface area contributed by atoms with Gasteiger partial charge in [0, 0.05) is 55.1 Å². The van der Waals surface area contributed by atoms with Gasteiger partial charge in [0.2, 0.25) is 5.91 Å². The fraction of sp³-hybridized carbons (Fsp3) is 0.667. The number of unbranched alkanes of at least 4 members (excludes halogenated alkanes) is 1. The second-order valence-corrected chi connectivity index (χ2v) is 16.4. The van der Waals surface area contributed by atoms with Crippen molar-refractivity contribution in [3.63, 3.8) is 0 Å². The van der Waals surface area contributed by atoms with Crippen LogP contribution in [0.2, 0.25) is 0 Å². The van der Waals surface area contributed by atoms with Gasteiger partial charge in [0.05, 0.1) is 6.04 Å². The molecule has 49 heavy (non-hydrogen) atoms. The third kappa shape index (κ3) is 6.38. The van der Waals surface area contributed by atoms with Crippen molar-refractivity contribution in [2.75, 3.05) is 19.6 Å². The summed E-state index contributed by atoms with van der Waals surface area (Å²) in [7, 11) is 0. The van der Waals surface area contributed by atoms with Crippen molar-refractivity contribution in [2.45, 2.75) is 140 Å².